The molecule has 24 heavy (non-hydrogen) atoms. The van der Waals surface area contributed by atoms with Gasteiger partial charge in [0, 0.05) is 12.1 Å². The Bertz CT molecular complexity index is 660. The number of carbonyl (C=O) groups is 1. The Morgan fingerprint density at radius 2 is 1.83 bits per heavy atom. The summed E-state index contributed by atoms with van der Waals surface area (Å²) in [6, 6.07) is 16.4. The van der Waals surface area contributed by atoms with Gasteiger partial charge in [-0.2, -0.15) is 0 Å². The second kappa shape index (κ2) is 8.29. The molecule has 5 heteroatoms. The Kier molecular flexibility index (Phi) is 6.37. The van der Waals surface area contributed by atoms with Crippen molar-refractivity contribution in [2.45, 2.75) is 25.0 Å². The number of hydrogen-bond acceptors (Lipinski definition) is 3. The van der Waals surface area contributed by atoms with Gasteiger partial charge in [0.1, 0.15) is 0 Å². The van der Waals surface area contributed by atoms with Gasteiger partial charge < -0.3 is 15.2 Å². The molecule has 2 aromatic rings. The first kappa shape index (κ1) is 18.5. The molecule has 2 aromatic carbocycles. The Morgan fingerprint density at radius 3 is 2.42 bits per heavy atom. The summed E-state index contributed by atoms with van der Waals surface area (Å²) >= 11 is 5.84. The molecule has 0 aliphatic rings. The smallest absolute Gasteiger partial charge is 0.223 e. The molecule has 0 aromatic heterocycles. The number of methoxy groups -OCH3 is 1. The molecular weight excluding hydrogens is 326 g/mol. The third kappa shape index (κ3) is 4.81. The van der Waals surface area contributed by atoms with Crippen molar-refractivity contribution in [1.29, 1.82) is 0 Å². The predicted octanol–water partition coefficient (Wildman–Crippen LogP) is 3.44. The number of aliphatic hydroxyl groups is 1. The van der Waals surface area contributed by atoms with Crippen LogP contribution >= 0.6 is 11.6 Å². The second-order valence-electron chi connectivity index (χ2n) is 5.95. The number of aliphatic hydroxyl groups excluding tert-OH is 1. The minimum atomic E-state index is -0.884. The average Bonchev–Trinajstić information content (AvgIpc) is 2.56. The van der Waals surface area contributed by atoms with Crippen molar-refractivity contribution in [3.8, 4) is 0 Å². The van der Waals surface area contributed by atoms with E-state index in [1.807, 2.05) is 37.3 Å². The van der Waals surface area contributed by atoms with Crippen LogP contribution in [0.25, 0.3) is 0 Å². The molecule has 0 bridgehead atoms. The number of carbonyl (C=O) groups excluding carboxylic acids is 1. The fraction of sp³-hybridized carbons (Fsp3) is 0.316. The largest absolute Gasteiger partial charge is 0.388 e. The van der Waals surface area contributed by atoms with E-state index >= 15 is 0 Å². The molecular formula is C19H22ClNO3. The summed E-state index contributed by atoms with van der Waals surface area (Å²) < 4.78 is 5.27. The zero-order valence-electron chi connectivity index (χ0n) is 13.8. The van der Waals surface area contributed by atoms with E-state index < -0.39 is 11.6 Å². The van der Waals surface area contributed by atoms with Crippen LogP contribution in [-0.4, -0.2) is 24.7 Å². The number of rotatable bonds is 7. The topological polar surface area (TPSA) is 58.6 Å². The van der Waals surface area contributed by atoms with Crippen LogP contribution in [0.15, 0.2) is 54.6 Å². The maximum atomic E-state index is 12.4. The molecule has 128 valence electrons. The normalized spacial score (nSPS) is 14.7. The van der Waals surface area contributed by atoms with Gasteiger partial charge in [-0.3, -0.25) is 4.79 Å². The highest BCUT2D eigenvalue weighted by Crippen LogP contribution is 2.23. The van der Waals surface area contributed by atoms with E-state index in [1.165, 1.54) is 0 Å². The molecule has 0 saturated heterocycles. The lowest BCUT2D eigenvalue weighted by Crippen LogP contribution is -2.47. The van der Waals surface area contributed by atoms with Gasteiger partial charge in [0.05, 0.1) is 24.7 Å². The van der Waals surface area contributed by atoms with Crippen LogP contribution in [0.2, 0.25) is 5.02 Å². The molecule has 2 N–H and O–H groups in total. The number of nitrogens with one attached hydrogen (secondary N) is 1. The fourth-order valence-electron chi connectivity index (χ4n) is 2.62. The first-order valence-electron chi connectivity index (χ1n) is 7.73. The summed E-state index contributed by atoms with van der Waals surface area (Å²) in [7, 11) is 1.59. The summed E-state index contributed by atoms with van der Waals surface area (Å²) in [4.78, 5) is 12.4. The van der Waals surface area contributed by atoms with E-state index in [2.05, 4.69) is 5.32 Å². The highest BCUT2D eigenvalue weighted by atomic mass is 35.5. The molecule has 2 atom stereocenters. The van der Waals surface area contributed by atoms with Crippen molar-refractivity contribution in [3.63, 3.8) is 0 Å². The maximum Gasteiger partial charge on any atom is 0.223 e. The Labute approximate surface area is 147 Å². The Hall–Kier alpha value is -1.88. The van der Waals surface area contributed by atoms with Gasteiger partial charge in [0.25, 0.3) is 0 Å². The lowest BCUT2D eigenvalue weighted by Gasteiger charge is -2.31. The molecule has 4 nitrogen and oxygen atoms in total. The van der Waals surface area contributed by atoms with Crippen molar-refractivity contribution >= 4 is 17.5 Å². The summed E-state index contributed by atoms with van der Waals surface area (Å²) in [5.41, 5.74) is 0.941. The maximum absolute atomic E-state index is 12.4. The highest BCUT2D eigenvalue weighted by Gasteiger charge is 2.29. The Balaban J connectivity index is 2.06. The van der Waals surface area contributed by atoms with Crippen molar-refractivity contribution in [1.82, 2.24) is 5.32 Å². The van der Waals surface area contributed by atoms with E-state index in [0.29, 0.717) is 17.2 Å². The number of amides is 1. The van der Waals surface area contributed by atoms with Crippen LogP contribution in [0.1, 0.15) is 30.6 Å². The highest BCUT2D eigenvalue weighted by molar-refractivity contribution is 6.30. The summed E-state index contributed by atoms with van der Waals surface area (Å²) in [6.07, 6.45) is -0.918. The second-order valence-corrected chi connectivity index (χ2v) is 6.39. The molecule has 0 fully saturated rings. The Morgan fingerprint density at radius 1 is 1.21 bits per heavy atom. The summed E-state index contributed by atoms with van der Waals surface area (Å²) in [6.45, 7) is 2.23. The standard InChI is InChI=1S/C19H22ClNO3/c1-19(13-24-2,15-6-4-3-5-7-15)21-18(23)12-17(22)14-8-10-16(20)11-9-14/h3-11,17,22H,12-13H2,1-2H3,(H,21,23). The van der Waals surface area contributed by atoms with Gasteiger partial charge in [0.2, 0.25) is 5.91 Å². The SMILES string of the molecule is COCC(C)(NC(=O)CC(O)c1ccc(Cl)cc1)c1ccccc1. The van der Waals surface area contributed by atoms with Crippen LogP contribution < -0.4 is 5.32 Å². The third-order valence-corrected chi connectivity index (χ3v) is 4.14. The third-order valence-electron chi connectivity index (χ3n) is 3.89. The first-order valence-corrected chi connectivity index (χ1v) is 8.11. The number of halogens is 1. The molecule has 0 aliphatic carbocycles. The summed E-state index contributed by atoms with van der Waals surface area (Å²) in [5, 5.41) is 13.8. The first-order chi connectivity index (χ1) is 11.4. The molecule has 0 aliphatic heterocycles. The minimum absolute atomic E-state index is 0.0340. The minimum Gasteiger partial charge on any atom is -0.388 e. The van der Waals surface area contributed by atoms with E-state index in [1.54, 1.807) is 31.4 Å². The molecule has 0 radical (unpaired) electrons. The van der Waals surface area contributed by atoms with Crippen molar-refractivity contribution in [2.75, 3.05) is 13.7 Å². The molecule has 1 amide bonds. The van der Waals surface area contributed by atoms with Crippen molar-refractivity contribution < 1.29 is 14.6 Å². The fourth-order valence-corrected chi connectivity index (χ4v) is 2.75. The zero-order chi connectivity index (χ0) is 17.6. The van der Waals surface area contributed by atoms with Gasteiger partial charge in [0.15, 0.2) is 0 Å². The molecule has 0 spiro atoms. The molecule has 0 heterocycles. The lowest BCUT2D eigenvalue weighted by atomic mass is 9.92. The van der Waals surface area contributed by atoms with Crippen LogP contribution in [-0.2, 0) is 15.1 Å². The van der Waals surface area contributed by atoms with Crippen LogP contribution in [0.5, 0.6) is 0 Å². The van der Waals surface area contributed by atoms with Gasteiger partial charge in [-0.25, -0.2) is 0 Å². The lowest BCUT2D eigenvalue weighted by molar-refractivity contribution is -0.125. The average molecular weight is 348 g/mol. The number of benzene rings is 2. The zero-order valence-corrected chi connectivity index (χ0v) is 14.6. The molecule has 0 saturated carbocycles. The predicted molar refractivity (Wildman–Crippen MR) is 94.8 cm³/mol. The number of hydrogen-bond donors (Lipinski definition) is 2. The van der Waals surface area contributed by atoms with Gasteiger partial charge in [-0.15, -0.1) is 0 Å². The van der Waals surface area contributed by atoms with Crippen LogP contribution in [0.4, 0.5) is 0 Å². The van der Waals surface area contributed by atoms with Crippen LogP contribution in [0, 0.1) is 0 Å². The van der Waals surface area contributed by atoms with E-state index in [9.17, 15) is 9.90 Å². The number of ether oxygens (including phenoxy) is 1. The molecule has 2 rings (SSSR count). The van der Waals surface area contributed by atoms with Gasteiger partial charge in [-0.1, -0.05) is 54.1 Å². The van der Waals surface area contributed by atoms with E-state index in [4.69, 9.17) is 16.3 Å². The quantitative estimate of drug-likeness (QED) is 0.806. The summed E-state index contributed by atoms with van der Waals surface area (Å²) in [5.74, 6) is -0.249. The monoisotopic (exact) mass is 347 g/mol. The molecule has 2 unspecified atom stereocenters. The van der Waals surface area contributed by atoms with Crippen molar-refractivity contribution in [2.24, 2.45) is 0 Å². The van der Waals surface area contributed by atoms with E-state index in [-0.39, 0.29) is 12.3 Å². The van der Waals surface area contributed by atoms with Crippen molar-refractivity contribution in [3.05, 3.63) is 70.7 Å². The van der Waals surface area contributed by atoms with Gasteiger partial charge in [-0.05, 0) is 30.2 Å². The van der Waals surface area contributed by atoms with Gasteiger partial charge >= 0.3 is 0 Å². The van der Waals surface area contributed by atoms with E-state index in [0.717, 1.165) is 5.56 Å². The van der Waals surface area contributed by atoms with Crippen LogP contribution in [0.3, 0.4) is 0 Å².